The van der Waals surface area contributed by atoms with Gasteiger partial charge in [0.1, 0.15) is 0 Å². The summed E-state index contributed by atoms with van der Waals surface area (Å²) < 4.78 is 0. The lowest BCUT2D eigenvalue weighted by molar-refractivity contribution is -0.123. The summed E-state index contributed by atoms with van der Waals surface area (Å²) in [5, 5.41) is 3.25. The number of nitrogens with one attached hydrogen (secondary N) is 1. The third-order valence-corrected chi connectivity index (χ3v) is 5.93. The van der Waals surface area contributed by atoms with Crippen LogP contribution in [0.1, 0.15) is 49.7 Å². The maximum absolute atomic E-state index is 11.9. The van der Waals surface area contributed by atoms with Gasteiger partial charge in [-0.2, -0.15) is 0 Å². The zero-order valence-electron chi connectivity index (χ0n) is 14.2. The quantitative estimate of drug-likeness (QED) is 0.906. The number of benzene rings is 1. The molecular formula is C20H28N2O. The zero-order valence-corrected chi connectivity index (χ0v) is 14.2. The van der Waals surface area contributed by atoms with Gasteiger partial charge in [0.05, 0.1) is 0 Å². The summed E-state index contributed by atoms with van der Waals surface area (Å²) in [6, 6.07) is 9.55. The van der Waals surface area contributed by atoms with Crippen LogP contribution in [0.25, 0.3) is 0 Å². The van der Waals surface area contributed by atoms with Crippen molar-refractivity contribution in [2.75, 3.05) is 19.6 Å². The number of carbonyl (C=O) groups is 1. The predicted octanol–water partition coefficient (Wildman–Crippen LogP) is 3.02. The molecule has 0 radical (unpaired) electrons. The monoisotopic (exact) mass is 312 g/mol. The third kappa shape index (κ3) is 3.45. The van der Waals surface area contributed by atoms with Crippen LogP contribution in [0, 0.1) is 12.8 Å². The molecule has 4 rings (SSSR count). The molecule has 0 atom stereocenters. The van der Waals surface area contributed by atoms with Crippen molar-refractivity contribution in [3.63, 3.8) is 0 Å². The number of amides is 1. The Morgan fingerprint density at radius 1 is 1.13 bits per heavy atom. The number of likely N-dealkylation sites (tertiary alicyclic amines) is 1. The van der Waals surface area contributed by atoms with Crippen molar-refractivity contribution < 1.29 is 4.79 Å². The van der Waals surface area contributed by atoms with Crippen molar-refractivity contribution in [2.24, 2.45) is 5.92 Å². The first-order valence-corrected chi connectivity index (χ1v) is 9.25. The molecular weight excluding hydrogens is 284 g/mol. The Hall–Kier alpha value is -1.35. The van der Waals surface area contributed by atoms with E-state index in [1.165, 1.54) is 30.5 Å². The number of piperidine rings is 1. The maximum atomic E-state index is 11.9. The van der Waals surface area contributed by atoms with E-state index in [4.69, 9.17) is 0 Å². The molecule has 3 nitrogen and oxygen atoms in total. The summed E-state index contributed by atoms with van der Waals surface area (Å²) in [4.78, 5) is 14.5. The number of rotatable bonds is 5. The van der Waals surface area contributed by atoms with E-state index in [9.17, 15) is 4.79 Å². The first kappa shape index (κ1) is 15.2. The summed E-state index contributed by atoms with van der Waals surface area (Å²) in [7, 11) is 0. The van der Waals surface area contributed by atoms with Crippen molar-refractivity contribution in [2.45, 2.75) is 56.9 Å². The van der Waals surface area contributed by atoms with Crippen LogP contribution >= 0.6 is 0 Å². The number of hydrogen-bond donors (Lipinski definition) is 1. The maximum Gasteiger partial charge on any atom is 0.223 e. The summed E-state index contributed by atoms with van der Waals surface area (Å²) >= 11 is 0. The van der Waals surface area contributed by atoms with Gasteiger partial charge in [-0.3, -0.25) is 4.79 Å². The Balaban J connectivity index is 1.29. The topological polar surface area (TPSA) is 32.3 Å². The second-order valence-corrected chi connectivity index (χ2v) is 7.98. The van der Waals surface area contributed by atoms with Gasteiger partial charge in [0.2, 0.25) is 5.91 Å². The van der Waals surface area contributed by atoms with Gasteiger partial charge in [0.15, 0.2) is 0 Å². The lowest BCUT2D eigenvalue weighted by Gasteiger charge is -2.35. The molecule has 23 heavy (non-hydrogen) atoms. The fraction of sp³-hybridized carbons (Fsp3) is 0.650. The summed E-state index contributed by atoms with van der Waals surface area (Å²) in [6.07, 6.45) is 7.08. The van der Waals surface area contributed by atoms with Crippen LogP contribution in [-0.4, -0.2) is 36.5 Å². The predicted molar refractivity (Wildman–Crippen MR) is 92.4 cm³/mol. The van der Waals surface area contributed by atoms with E-state index in [1.54, 1.807) is 0 Å². The largest absolute Gasteiger partial charge is 0.353 e. The number of nitrogens with zero attached hydrogens (tertiary/aromatic N) is 1. The molecule has 1 aromatic rings. The minimum atomic E-state index is 0.307. The average Bonchev–Trinajstić information content (AvgIpc) is 3.45. The number of hydrogen-bond acceptors (Lipinski definition) is 2. The van der Waals surface area contributed by atoms with E-state index in [1.807, 2.05) is 0 Å². The molecule has 0 bridgehead atoms. The highest BCUT2D eigenvalue weighted by atomic mass is 16.2. The van der Waals surface area contributed by atoms with E-state index >= 15 is 0 Å². The van der Waals surface area contributed by atoms with Gasteiger partial charge in [-0.05, 0) is 51.0 Å². The van der Waals surface area contributed by atoms with Crippen molar-refractivity contribution in [1.82, 2.24) is 10.2 Å². The van der Waals surface area contributed by atoms with Crippen molar-refractivity contribution in [3.8, 4) is 0 Å². The molecule has 1 N–H and O–H groups in total. The minimum Gasteiger partial charge on any atom is -0.353 e. The van der Waals surface area contributed by atoms with Gasteiger partial charge in [0.25, 0.3) is 0 Å². The van der Waals surface area contributed by atoms with Crippen molar-refractivity contribution in [1.29, 1.82) is 0 Å². The second kappa shape index (κ2) is 5.94. The molecule has 0 spiro atoms. The highest BCUT2D eigenvalue weighted by Crippen LogP contribution is 2.49. The Morgan fingerprint density at radius 3 is 2.35 bits per heavy atom. The highest BCUT2D eigenvalue weighted by Gasteiger charge is 2.45. The van der Waals surface area contributed by atoms with Crippen molar-refractivity contribution in [3.05, 3.63) is 35.4 Å². The summed E-state index contributed by atoms with van der Waals surface area (Å²) in [5.74, 6) is 0.645. The standard InChI is InChI=1S/C20H28N2O/c1-15-2-6-17(7-3-15)20(10-11-20)14-22-12-8-18(9-13-22)21-19(23)16-4-5-16/h2-3,6-7,16,18H,4-5,8-14H2,1H3,(H,21,23). The molecule has 2 aliphatic carbocycles. The van der Waals surface area contributed by atoms with E-state index in [0.717, 1.165) is 38.8 Å². The molecule has 124 valence electrons. The van der Waals surface area contributed by atoms with Crippen molar-refractivity contribution >= 4 is 5.91 Å². The molecule has 1 aromatic carbocycles. The third-order valence-electron chi connectivity index (χ3n) is 5.93. The zero-order chi connectivity index (χ0) is 15.9. The SMILES string of the molecule is Cc1ccc(C2(CN3CCC(NC(=O)C4CC4)CC3)CC2)cc1. The van der Waals surface area contributed by atoms with Gasteiger partial charge in [-0.25, -0.2) is 0 Å². The Labute approximate surface area is 139 Å². The smallest absolute Gasteiger partial charge is 0.223 e. The van der Waals surface area contributed by atoms with E-state index < -0.39 is 0 Å². The molecule has 0 aromatic heterocycles. The molecule has 0 unspecified atom stereocenters. The number of carbonyl (C=O) groups excluding carboxylic acids is 1. The molecule has 3 heteroatoms. The van der Waals surface area contributed by atoms with Crippen LogP contribution in [0.5, 0.6) is 0 Å². The Kier molecular flexibility index (Phi) is 3.92. The van der Waals surface area contributed by atoms with Gasteiger partial charge in [0, 0.05) is 37.0 Å². The molecule has 1 aliphatic heterocycles. The van der Waals surface area contributed by atoms with Crippen LogP contribution in [-0.2, 0) is 10.2 Å². The minimum absolute atomic E-state index is 0.307. The van der Waals surface area contributed by atoms with Gasteiger partial charge >= 0.3 is 0 Å². The van der Waals surface area contributed by atoms with Crippen LogP contribution in [0.2, 0.25) is 0 Å². The van der Waals surface area contributed by atoms with E-state index in [2.05, 4.69) is 41.4 Å². The first-order chi connectivity index (χ1) is 11.1. The molecule has 1 heterocycles. The van der Waals surface area contributed by atoms with Crippen LogP contribution in [0.4, 0.5) is 0 Å². The van der Waals surface area contributed by atoms with Gasteiger partial charge < -0.3 is 10.2 Å². The van der Waals surface area contributed by atoms with Crippen LogP contribution in [0.15, 0.2) is 24.3 Å². The van der Waals surface area contributed by atoms with Gasteiger partial charge in [-0.1, -0.05) is 29.8 Å². The molecule has 2 saturated carbocycles. The first-order valence-electron chi connectivity index (χ1n) is 9.25. The Bertz CT molecular complexity index is 564. The summed E-state index contributed by atoms with van der Waals surface area (Å²) in [6.45, 7) is 5.61. The molecule has 1 amide bonds. The lowest BCUT2D eigenvalue weighted by Crippen LogP contribution is -2.46. The number of aryl methyl sites for hydroxylation is 1. The molecule has 3 aliphatic rings. The Morgan fingerprint density at radius 2 is 1.78 bits per heavy atom. The van der Waals surface area contributed by atoms with E-state index in [-0.39, 0.29) is 0 Å². The fourth-order valence-corrected chi connectivity index (χ4v) is 3.92. The second-order valence-electron chi connectivity index (χ2n) is 7.98. The normalized spacial score (nSPS) is 24.4. The molecule has 1 saturated heterocycles. The lowest BCUT2D eigenvalue weighted by atomic mass is 9.93. The molecule has 3 fully saturated rings. The summed E-state index contributed by atoms with van der Waals surface area (Å²) in [5.41, 5.74) is 3.28. The van der Waals surface area contributed by atoms with Crippen LogP contribution in [0.3, 0.4) is 0 Å². The van der Waals surface area contributed by atoms with Crippen LogP contribution < -0.4 is 5.32 Å². The highest BCUT2D eigenvalue weighted by molar-refractivity contribution is 5.81. The van der Waals surface area contributed by atoms with Gasteiger partial charge in [-0.15, -0.1) is 0 Å². The fourth-order valence-electron chi connectivity index (χ4n) is 3.92. The van der Waals surface area contributed by atoms with E-state index in [0.29, 0.717) is 23.3 Å². The average molecular weight is 312 g/mol.